The van der Waals surface area contributed by atoms with Crippen LogP contribution in [0.15, 0.2) is 22.9 Å². The molecule has 2 aromatic heterocycles. The Kier molecular flexibility index (Phi) is 4.06. The third kappa shape index (κ3) is 2.86. The highest BCUT2D eigenvalue weighted by atomic mass is 32.1. The Morgan fingerprint density at radius 3 is 3.10 bits per heavy atom. The first-order chi connectivity index (χ1) is 10.2. The molecule has 0 saturated carbocycles. The van der Waals surface area contributed by atoms with Crippen LogP contribution in [0.25, 0.3) is 0 Å². The Bertz CT molecular complexity index is 698. The molecule has 0 aromatic carbocycles. The van der Waals surface area contributed by atoms with E-state index < -0.39 is 0 Å². The van der Waals surface area contributed by atoms with Crippen molar-refractivity contribution in [2.75, 3.05) is 18.4 Å². The van der Waals surface area contributed by atoms with Gasteiger partial charge in [0.15, 0.2) is 6.54 Å². The van der Waals surface area contributed by atoms with Gasteiger partial charge in [-0.3, -0.25) is 4.79 Å². The number of rotatable bonds is 3. The molecule has 6 heteroatoms. The standard InChI is InChI=1S/C15H15N3OS2/c1-10-12-4-7-20-13(12)2-5-18(10)9-14(19)17-15-11(8-16)3-6-21-15/h3-4,6-7,10H,2,5,9H2,1H3,(H,17,19)/p+1/t10-/m0/s1. The lowest BCUT2D eigenvalue weighted by atomic mass is 10.0. The van der Waals surface area contributed by atoms with Crippen LogP contribution in [-0.4, -0.2) is 19.0 Å². The van der Waals surface area contributed by atoms with Gasteiger partial charge in [0.2, 0.25) is 0 Å². The van der Waals surface area contributed by atoms with Crippen LogP contribution in [0, 0.1) is 11.3 Å². The molecule has 2 aromatic rings. The number of thiophene rings is 2. The smallest absolute Gasteiger partial charge is 0.280 e. The average molecular weight is 318 g/mol. The SMILES string of the molecule is C[C@H]1c2ccsc2CC[NH+]1CC(=O)Nc1sccc1C#N. The second-order valence-electron chi connectivity index (χ2n) is 5.18. The van der Waals surface area contributed by atoms with Gasteiger partial charge in [-0.2, -0.15) is 5.26 Å². The van der Waals surface area contributed by atoms with Crippen molar-refractivity contribution >= 4 is 33.6 Å². The highest BCUT2D eigenvalue weighted by Crippen LogP contribution is 2.25. The van der Waals surface area contributed by atoms with Crippen molar-refractivity contribution in [2.45, 2.75) is 19.4 Å². The summed E-state index contributed by atoms with van der Waals surface area (Å²) < 4.78 is 0. The molecule has 4 nitrogen and oxygen atoms in total. The van der Waals surface area contributed by atoms with E-state index in [9.17, 15) is 4.79 Å². The lowest BCUT2D eigenvalue weighted by Gasteiger charge is -2.29. The highest BCUT2D eigenvalue weighted by molar-refractivity contribution is 7.14. The summed E-state index contributed by atoms with van der Waals surface area (Å²) in [6, 6.07) is 6.35. The molecular formula is C15H16N3OS2+. The monoisotopic (exact) mass is 318 g/mol. The van der Waals surface area contributed by atoms with E-state index in [1.807, 2.05) is 16.7 Å². The third-order valence-corrected chi connectivity index (χ3v) is 5.78. The normalized spacial score (nSPS) is 20.6. The van der Waals surface area contributed by atoms with Crippen LogP contribution >= 0.6 is 22.7 Å². The summed E-state index contributed by atoms with van der Waals surface area (Å²) in [5.41, 5.74) is 1.91. The van der Waals surface area contributed by atoms with Gasteiger partial charge in [0.05, 0.1) is 12.1 Å². The Morgan fingerprint density at radius 2 is 2.29 bits per heavy atom. The van der Waals surface area contributed by atoms with Gasteiger partial charge in [-0.1, -0.05) is 0 Å². The molecule has 0 bridgehead atoms. The number of amides is 1. The number of hydrogen-bond acceptors (Lipinski definition) is 4. The van der Waals surface area contributed by atoms with Gasteiger partial charge in [0.25, 0.3) is 5.91 Å². The van der Waals surface area contributed by atoms with Crippen molar-refractivity contribution in [2.24, 2.45) is 0 Å². The van der Waals surface area contributed by atoms with Crippen molar-refractivity contribution in [1.29, 1.82) is 5.26 Å². The maximum absolute atomic E-state index is 12.2. The molecule has 21 heavy (non-hydrogen) atoms. The fourth-order valence-corrected chi connectivity index (χ4v) is 4.50. The number of hydrogen-bond donors (Lipinski definition) is 2. The summed E-state index contributed by atoms with van der Waals surface area (Å²) in [7, 11) is 0. The fraction of sp³-hybridized carbons (Fsp3) is 0.333. The van der Waals surface area contributed by atoms with Gasteiger partial charge in [0, 0.05) is 16.9 Å². The molecule has 1 aliphatic heterocycles. The predicted molar refractivity (Wildman–Crippen MR) is 84.8 cm³/mol. The maximum Gasteiger partial charge on any atom is 0.280 e. The van der Waals surface area contributed by atoms with Crippen molar-refractivity contribution in [1.82, 2.24) is 0 Å². The number of carbonyl (C=O) groups is 1. The van der Waals surface area contributed by atoms with Crippen LogP contribution in [0.3, 0.4) is 0 Å². The van der Waals surface area contributed by atoms with E-state index in [1.54, 1.807) is 6.07 Å². The van der Waals surface area contributed by atoms with E-state index in [0.29, 0.717) is 23.2 Å². The quantitative estimate of drug-likeness (QED) is 0.907. The number of nitriles is 1. The molecule has 0 aliphatic carbocycles. The van der Waals surface area contributed by atoms with Crippen LogP contribution in [0.5, 0.6) is 0 Å². The fourth-order valence-electron chi connectivity index (χ4n) is 2.76. The van der Waals surface area contributed by atoms with Crippen molar-refractivity contribution < 1.29 is 9.69 Å². The topological polar surface area (TPSA) is 57.3 Å². The minimum Gasteiger partial charge on any atom is -0.321 e. The highest BCUT2D eigenvalue weighted by Gasteiger charge is 2.29. The van der Waals surface area contributed by atoms with Crippen molar-refractivity contribution in [3.8, 4) is 6.07 Å². The molecule has 2 N–H and O–H groups in total. The Morgan fingerprint density at radius 1 is 1.48 bits per heavy atom. The molecule has 1 amide bonds. The molecule has 0 fully saturated rings. The lowest BCUT2D eigenvalue weighted by Crippen LogP contribution is -3.14. The first-order valence-electron chi connectivity index (χ1n) is 6.87. The number of carbonyl (C=O) groups excluding carboxylic acids is 1. The molecule has 0 spiro atoms. The van der Waals surface area contributed by atoms with Crippen LogP contribution in [0.4, 0.5) is 5.00 Å². The van der Waals surface area contributed by atoms with E-state index in [-0.39, 0.29) is 5.91 Å². The van der Waals surface area contributed by atoms with E-state index in [2.05, 4.69) is 29.8 Å². The largest absolute Gasteiger partial charge is 0.321 e. The summed E-state index contributed by atoms with van der Waals surface area (Å²) >= 11 is 3.20. The minimum atomic E-state index is -0.0190. The number of nitrogens with zero attached hydrogens (tertiary/aromatic N) is 1. The summed E-state index contributed by atoms with van der Waals surface area (Å²) in [4.78, 5) is 15.0. The van der Waals surface area contributed by atoms with Crippen LogP contribution in [-0.2, 0) is 11.2 Å². The van der Waals surface area contributed by atoms with Gasteiger partial charge in [-0.15, -0.1) is 22.7 Å². The van der Waals surface area contributed by atoms with E-state index >= 15 is 0 Å². The van der Waals surface area contributed by atoms with Gasteiger partial charge in [-0.25, -0.2) is 0 Å². The second kappa shape index (κ2) is 5.98. The molecule has 1 aliphatic rings. The zero-order chi connectivity index (χ0) is 14.8. The zero-order valence-electron chi connectivity index (χ0n) is 11.7. The van der Waals surface area contributed by atoms with Crippen molar-refractivity contribution in [3.05, 3.63) is 38.9 Å². The summed E-state index contributed by atoms with van der Waals surface area (Å²) in [5.74, 6) is -0.0190. The first-order valence-corrected chi connectivity index (χ1v) is 8.63. The Hall–Kier alpha value is -1.68. The van der Waals surface area contributed by atoms with E-state index in [1.165, 1.54) is 26.7 Å². The first kappa shape index (κ1) is 14.3. The van der Waals surface area contributed by atoms with Crippen LogP contribution in [0.1, 0.15) is 29.0 Å². The summed E-state index contributed by atoms with van der Waals surface area (Å²) in [5, 5.41) is 16.4. The maximum atomic E-state index is 12.2. The molecule has 2 atom stereocenters. The molecule has 0 radical (unpaired) electrons. The Balaban J connectivity index is 1.65. The van der Waals surface area contributed by atoms with Crippen molar-refractivity contribution in [3.63, 3.8) is 0 Å². The summed E-state index contributed by atoms with van der Waals surface area (Å²) in [6.45, 7) is 3.61. The van der Waals surface area contributed by atoms with Gasteiger partial charge in [-0.05, 0) is 29.8 Å². The van der Waals surface area contributed by atoms with Gasteiger partial charge < -0.3 is 10.2 Å². The van der Waals surface area contributed by atoms with Gasteiger partial charge >= 0.3 is 0 Å². The predicted octanol–water partition coefficient (Wildman–Crippen LogP) is 1.82. The van der Waals surface area contributed by atoms with Crippen LogP contribution < -0.4 is 10.2 Å². The molecule has 1 unspecified atom stereocenters. The third-order valence-electron chi connectivity index (χ3n) is 3.96. The second-order valence-corrected chi connectivity index (χ2v) is 7.10. The van der Waals surface area contributed by atoms with Crippen LogP contribution in [0.2, 0.25) is 0 Å². The van der Waals surface area contributed by atoms with E-state index in [0.717, 1.165) is 13.0 Å². The molecule has 108 valence electrons. The zero-order valence-corrected chi connectivity index (χ0v) is 13.3. The average Bonchev–Trinajstić information content (AvgIpc) is 3.10. The number of quaternary nitrogens is 1. The number of anilines is 1. The number of nitrogens with one attached hydrogen (secondary N) is 2. The lowest BCUT2D eigenvalue weighted by molar-refractivity contribution is -0.923. The Labute approximate surface area is 131 Å². The molecule has 3 heterocycles. The minimum absolute atomic E-state index is 0.0190. The molecular weight excluding hydrogens is 302 g/mol. The molecule has 0 saturated heterocycles. The summed E-state index contributed by atoms with van der Waals surface area (Å²) in [6.07, 6.45) is 1.04. The number of fused-ring (bicyclic) bond motifs is 1. The van der Waals surface area contributed by atoms with E-state index in [4.69, 9.17) is 5.26 Å². The molecule has 3 rings (SSSR count). The van der Waals surface area contributed by atoms with Gasteiger partial charge in [0.1, 0.15) is 17.1 Å².